The zero-order valence-corrected chi connectivity index (χ0v) is 18.0. The minimum absolute atomic E-state index is 0.0786. The Morgan fingerprint density at radius 1 is 1.14 bits per heavy atom. The number of hydrogen-bond donors (Lipinski definition) is 1. The van der Waals surface area contributed by atoms with Crippen LogP contribution >= 0.6 is 0 Å². The minimum Gasteiger partial charge on any atom is -0.449 e. The average molecular weight is 399 g/mol. The van der Waals surface area contributed by atoms with E-state index in [1.807, 2.05) is 0 Å². The molecular formula is C24H34N2O3. The van der Waals surface area contributed by atoms with Crippen LogP contribution in [0.2, 0.25) is 0 Å². The average Bonchev–Trinajstić information content (AvgIpc) is 2.62. The van der Waals surface area contributed by atoms with E-state index in [0.717, 1.165) is 38.8 Å². The van der Waals surface area contributed by atoms with Gasteiger partial charge in [0.15, 0.2) is 0 Å². The minimum atomic E-state index is -0.734. The number of nitrogens with zero attached hydrogens (tertiary/aromatic N) is 1. The third-order valence-corrected chi connectivity index (χ3v) is 7.75. The number of rotatable bonds is 4. The topological polar surface area (TPSA) is 72.6 Å². The van der Waals surface area contributed by atoms with Crippen LogP contribution in [0.4, 0.5) is 4.79 Å². The Morgan fingerprint density at radius 3 is 2.38 bits per heavy atom. The predicted molar refractivity (Wildman–Crippen MR) is 113 cm³/mol. The maximum absolute atomic E-state index is 12.9. The molecule has 3 fully saturated rings. The lowest BCUT2D eigenvalue weighted by Gasteiger charge is -2.54. The van der Waals surface area contributed by atoms with Gasteiger partial charge in [0, 0.05) is 24.4 Å². The van der Waals surface area contributed by atoms with Crippen molar-refractivity contribution in [2.45, 2.75) is 65.2 Å². The highest BCUT2D eigenvalue weighted by Crippen LogP contribution is 2.57. The fourth-order valence-corrected chi connectivity index (χ4v) is 6.02. The zero-order chi connectivity index (χ0) is 20.8. The molecule has 1 aromatic carbocycles. The van der Waals surface area contributed by atoms with E-state index in [0.29, 0.717) is 23.8 Å². The van der Waals surface area contributed by atoms with E-state index in [9.17, 15) is 9.59 Å². The number of nitrogens with two attached hydrogens (primary N) is 1. The second kappa shape index (κ2) is 7.33. The molecule has 1 saturated heterocycles. The van der Waals surface area contributed by atoms with Crippen molar-refractivity contribution in [2.75, 3.05) is 19.7 Å². The highest BCUT2D eigenvalue weighted by Gasteiger charge is 2.50. The van der Waals surface area contributed by atoms with Gasteiger partial charge < -0.3 is 15.4 Å². The van der Waals surface area contributed by atoms with Crippen LogP contribution in [0.25, 0.3) is 0 Å². The number of amides is 2. The summed E-state index contributed by atoms with van der Waals surface area (Å²) in [6.45, 7) is 8.55. The maximum atomic E-state index is 12.9. The molecule has 4 rings (SSSR count). The third-order valence-electron chi connectivity index (χ3n) is 7.75. The van der Waals surface area contributed by atoms with Gasteiger partial charge in [0.25, 0.3) is 0 Å². The van der Waals surface area contributed by atoms with Crippen LogP contribution in [0, 0.1) is 30.6 Å². The summed E-state index contributed by atoms with van der Waals surface area (Å²) in [7, 11) is 0. The first kappa shape index (κ1) is 20.2. The SMILES string of the molecule is Cc1ccc(C2CC3(CCN(C(=O)C4CC(C)(COC(N)=O)C4)CC3)C2)c(C)c1. The molecule has 0 unspecified atom stereocenters. The molecule has 5 heteroatoms. The molecule has 0 radical (unpaired) electrons. The maximum Gasteiger partial charge on any atom is 0.404 e. The van der Waals surface area contributed by atoms with Gasteiger partial charge in [-0.1, -0.05) is 30.7 Å². The van der Waals surface area contributed by atoms with Crippen LogP contribution in [0.5, 0.6) is 0 Å². The van der Waals surface area contributed by atoms with Gasteiger partial charge in [0.1, 0.15) is 0 Å². The summed E-state index contributed by atoms with van der Waals surface area (Å²) in [6, 6.07) is 6.84. The molecule has 29 heavy (non-hydrogen) atoms. The largest absolute Gasteiger partial charge is 0.449 e. The van der Waals surface area contributed by atoms with E-state index in [2.05, 4.69) is 43.9 Å². The quantitative estimate of drug-likeness (QED) is 0.822. The van der Waals surface area contributed by atoms with Crippen molar-refractivity contribution >= 4 is 12.0 Å². The molecule has 1 aliphatic heterocycles. The first-order valence-corrected chi connectivity index (χ1v) is 11.0. The molecule has 1 spiro atoms. The van der Waals surface area contributed by atoms with Crippen molar-refractivity contribution < 1.29 is 14.3 Å². The summed E-state index contributed by atoms with van der Waals surface area (Å²) >= 11 is 0. The first-order valence-electron chi connectivity index (χ1n) is 11.0. The number of carbonyl (C=O) groups is 2. The van der Waals surface area contributed by atoms with Crippen LogP contribution in [-0.4, -0.2) is 36.6 Å². The predicted octanol–water partition coefficient (Wildman–Crippen LogP) is 4.30. The van der Waals surface area contributed by atoms with Crippen molar-refractivity contribution in [1.29, 1.82) is 0 Å². The van der Waals surface area contributed by atoms with Crippen molar-refractivity contribution in [2.24, 2.45) is 22.5 Å². The summed E-state index contributed by atoms with van der Waals surface area (Å²) in [4.78, 5) is 25.8. The Morgan fingerprint density at radius 2 is 1.79 bits per heavy atom. The smallest absolute Gasteiger partial charge is 0.404 e. The second-order valence-corrected chi connectivity index (χ2v) is 10.3. The van der Waals surface area contributed by atoms with Gasteiger partial charge in [-0.05, 0) is 74.8 Å². The summed E-state index contributed by atoms with van der Waals surface area (Å²) < 4.78 is 4.95. The molecule has 1 heterocycles. The van der Waals surface area contributed by atoms with Crippen LogP contribution in [-0.2, 0) is 9.53 Å². The van der Waals surface area contributed by atoms with E-state index >= 15 is 0 Å². The summed E-state index contributed by atoms with van der Waals surface area (Å²) in [5.74, 6) is 1.06. The number of piperidine rings is 1. The molecule has 2 amide bonds. The molecule has 5 nitrogen and oxygen atoms in total. The van der Waals surface area contributed by atoms with Gasteiger partial charge in [0.05, 0.1) is 6.61 Å². The number of likely N-dealkylation sites (tertiary alicyclic amines) is 1. The lowest BCUT2D eigenvalue weighted by molar-refractivity contribution is -0.148. The zero-order valence-electron chi connectivity index (χ0n) is 18.0. The number of benzene rings is 1. The molecule has 1 aromatic rings. The van der Waals surface area contributed by atoms with E-state index in [-0.39, 0.29) is 11.3 Å². The monoisotopic (exact) mass is 398 g/mol. The number of aryl methyl sites for hydroxylation is 2. The van der Waals surface area contributed by atoms with E-state index in [4.69, 9.17) is 10.5 Å². The van der Waals surface area contributed by atoms with Gasteiger partial charge in [-0.25, -0.2) is 4.79 Å². The molecule has 3 aliphatic rings. The molecule has 2 N–H and O–H groups in total. The standard InChI is InChI=1S/C24H34N2O3/c1-16-4-5-20(17(2)10-16)18-13-24(14-18)6-8-26(9-7-24)21(27)19-11-23(3,12-19)15-29-22(25)28/h4-5,10,18-19H,6-9,11-15H2,1-3H3,(H2,25,28). The van der Waals surface area contributed by atoms with Crippen LogP contribution < -0.4 is 5.73 Å². The first-order chi connectivity index (χ1) is 13.7. The summed E-state index contributed by atoms with van der Waals surface area (Å²) in [5.41, 5.74) is 9.68. The van der Waals surface area contributed by atoms with Crippen molar-refractivity contribution in [3.8, 4) is 0 Å². The van der Waals surface area contributed by atoms with E-state index in [1.54, 1.807) is 0 Å². The molecule has 0 atom stereocenters. The Bertz CT molecular complexity index is 796. The third kappa shape index (κ3) is 4.01. The van der Waals surface area contributed by atoms with Crippen LogP contribution in [0.1, 0.15) is 68.1 Å². The van der Waals surface area contributed by atoms with Gasteiger partial charge in [-0.3, -0.25) is 4.79 Å². The Balaban J connectivity index is 1.24. The molecule has 2 saturated carbocycles. The van der Waals surface area contributed by atoms with Gasteiger partial charge in [-0.2, -0.15) is 0 Å². The van der Waals surface area contributed by atoms with E-state index in [1.165, 1.54) is 29.5 Å². The van der Waals surface area contributed by atoms with Crippen LogP contribution in [0.15, 0.2) is 18.2 Å². The van der Waals surface area contributed by atoms with Gasteiger partial charge >= 0.3 is 6.09 Å². The molecule has 2 aliphatic carbocycles. The van der Waals surface area contributed by atoms with Crippen molar-refractivity contribution in [3.05, 3.63) is 34.9 Å². The number of primary amides is 1. The lowest BCUT2D eigenvalue weighted by atomic mass is 9.55. The number of carbonyl (C=O) groups excluding carboxylic acids is 2. The lowest BCUT2D eigenvalue weighted by Crippen LogP contribution is -2.53. The van der Waals surface area contributed by atoms with E-state index < -0.39 is 6.09 Å². The highest BCUT2D eigenvalue weighted by molar-refractivity contribution is 5.80. The van der Waals surface area contributed by atoms with Gasteiger partial charge in [0.2, 0.25) is 5.91 Å². The Labute approximate surface area is 174 Å². The fraction of sp³-hybridized carbons (Fsp3) is 0.667. The summed E-state index contributed by atoms with van der Waals surface area (Å²) in [6.07, 6.45) is 5.65. The van der Waals surface area contributed by atoms with Gasteiger partial charge in [-0.15, -0.1) is 0 Å². The fourth-order valence-electron chi connectivity index (χ4n) is 6.02. The Hall–Kier alpha value is -2.04. The molecular weight excluding hydrogens is 364 g/mol. The summed E-state index contributed by atoms with van der Waals surface area (Å²) in [5, 5.41) is 0. The number of hydrogen-bond acceptors (Lipinski definition) is 3. The normalized spacial score (nSPS) is 28.5. The van der Waals surface area contributed by atoms with Crippen molar-refractivity contribution in [1.82, 2.24) is 4.90 Å². The Kier molecular flexibility index (Phi) is 5.12. The second-order valence-electron chi connectivity index (χ2n) is 10.3. The molecule has 158 valence electrons. The van der Waals surface area contributed by atoms with Crippen molar-refractivity contribution in [3.63, 3.8) is 0 Å². The highest BCUT2D eigenvalue weighted by atomic mass is 16.5. The molecule has 0 bridgehead atoms. The van der Waals surface area contributed by atoms with Crippen LogP contribution in [0.3, 0.4) is 0 Å². The molecule has 0 aromatic heterocycles. The number of ether oxygens (including phenoxy) is 1.